The van der Waals surface area contributed by atoms with Gasteiger partial charge in [0.1, 0.15) is 11.5 Å². The van der Waals surface area contributed by atoms with Gasteiger partial charge in [0.15, 0.2) is 0 Å². The highest BCUT2D eigenvalue weighted by molar-refractivity contribution is 7.98. The largest absolute Gasteiger partial charge is 0.457 e. The van der Waals surface area contributed by atoms with Gasteiger partial charge in [0.25, 0.3) is 0 Å². The van der Waals surface area contributed by atoms with Crippen LogP contribution in [-0.2, 0) is 6.42 Å². The molecule has 0 radical (unpaired) electrons. The fourth-order valence-electron chi connectivity index (χ4n) is 1.73. The van der Waals surface area contributed by atoms with Gasteiger partial charge in [0.2, 0.25) is 0 Å². The molecule has 0 aliphatic carbocycles. The van der Waals surface area contributed by atoms with Gasteiger partial charge in [-0.2, -0.15) is 0 Å². The Bertz CT molecular complexity index is 542. The summed E-state index contributed by atoms with van der Waals surface area (Å²) in [4.78, 5) is 1.21. The van der Waals surface area contributed by atoms with E-state index >= 15 is 0 Å². The molecule has 0 aliphatic rings. The maximum Gasteiger partial charge on any atom is 0.128 e. The van der Waals surface area contributed by atoms with Crippen LogP contribution in [0.4, 0.5) is 0 Å². The number of halogens is 1. The van der Waals surface area contributed by atoms with Gasteiger partial charge in [-0.05, 0) is 61.2 Å². The molecule has 0 saturated carbocycles. The highest BCUT2D eigenvalue weighted by Crippen LogP contribution is 2.28. The Kier molecular flexibility index (Phi) is 5.14. The van der Waals surface area contributed by atoms with Crippen LogP contribution in [0.15, 0.2) is 47.4 Å². The van der Waals surface area contributed by atoms with E-state index in [0.717, 1.165) is 23.5 Å². The zero-order valence-electron chi connectivity index (χ0n) is 10.7. The van der Waals surface area contributed by atoms with Gasteiger partial charge in [-0.3, -0.25) is 0 Å². The molecule has 2 rings (SSSR count). The predicted octanol–water partition coefficient (Wildman–Crippen LogP) is 4.36. The zero-order chi connectivity index (χ0) is 13.7. The van der Waals surface area contributed by atoms with Gasteiger partial charge in [-0.15, -0.1) is 11.8 Å². The average Bonchev–Trinajstić information content (AvgIpc) is 2.43. The molecule has 0 amide bonds. The molecule has 2 nitrogen and oxygen atoms in total. The predicted molar refractivity (Wildman–Crippen MR) is 82.5 cm³/mol. The third-order valence-electron chi connectivity index (χ3n) is 2.73. The zero-order valence-corrected chi connectivity index (χ0v) is 12.3. The normalized spacial score (nSPS) is 10.5. The van der Waals surface area contributed by atoms with E-state index in [9.17, 15) is 0 Å². The lowest BCUT2D eigenvalue weighted by molar-refractivity contribution is 0.482. The van der Waals surface area contributed by atoms with E-state index in [2.05, 4.69) is 0 Å². The molecule has 0 bridgehead atoms. The lowest BCUT2D eigenvalue weighted by Crippen LogP contribution is -2.03. The van der Waals surface area contributed by atoms with Gasteiger partial charge >= 0.3 is 0 Å². The molecule has 0 spiro atoms. The Hall–Kier alpha value is -1.16. The van der Waals surface area contributed by atoms with Crippen molar-refractivity contribution in [3.8, 4) is 11.5 Å². The summed E-state index contributed by atoms with van der Waals surface area (Å²) in [5, 5.41) is 0.698. The summed E-state index contributed by atoms with van der Waals surface area (Å²) >= 11 is 7.89. The smallest absolute Gasteiger partial charge is 0.128 e. The molecule has 2 aromatic carbocycles. The summed E-state index contributed by atoms with van der Waals surface area (Å²) < 4.78 is 5.77. The topological polar surface area (TPSA) is 35.2 Å². The average molecular weight is 294 g/mol. The van der Waals surface area contributed by atoms with E-state index in [1.807, 2.05) is 48.7 Å². The highest BCUT2D eigenvalue weighted by Gasteiger charge is 2.03. The first-order valence-corrected chi connectivity index (χ1v) is 7.63. The van der Waals surface area contributed by atoms with Crippen LogP contribution in [0.5, 0.6) is 11.5 Å². The molecule has 0 aliphatic heterocycles. The lowest BCUT2D eigenvalue weighted by Gasteiger charge is -2.09. The molecule has 0 fully saturated rings. The first-order chi connectivity index (χ1) is 9.22. The van der Waals surface area contributed by atoms with Crippen LogP contribution < -0.4 is 10.5 Å². The Labute approximate surface area is 122 Å². The summed E-state index contributed by atoms with van der Waals surface area (Å²) in [6.45, 7) is 0.593. The molecule has 2 aromatic rings. The third-order valence-corrected chi connectivity index (χ3v) is 3.83. The third kappa shape index (κ3) is 3.90. The van der Waals surface area contributed by atoms with Crippen LogP contribution in [-0.4, -0.2) is 12.8 Å². The molecular weight excluding hydrogens is 278 g/mol. The number of hydrogen-bond donors (Lipinski definition) is 1. The minimum absolute atomic E-state index is 0.593. The van der Waals surface area contributed by atoms with Crippen molar-refractivity contribution >= 4 is 23.4 Å². The molecule has 100 valence electrons. The number of hydrogen-bond acceptors (Lipinski definition) is 3. The first-order valence-electron chi connectivity index (χ1n) is 6.03. The second-order valence-corrected chi connectivity index (χ2v) is 5.36. The van der Waals surface area contributed by atoms with Crippen molar-refractivity contribution in [3.63, 3.8) is 0 Å². The summed E-state index contributed by atoms with van der Waals surface area (Å²) in [6.07, 6.45) is 2.83. The van der Waals surface area contributed by atoms with Crippen LogP contribution >= 0.6 is 23.4 Å². The van der Waals surface area contributed by atoms with Crippen LogP contribution in [0.1, 0.15) is 5.56 Å². The molecule has 0 heterocycles. The Morgan fingerprint density at radius 2 is 1.79 bits per heavy atom. The highest BCUT2D eigenvalue weighted by atomic mass is 35.5. The van der Waals surface area contributed by atoms with Crippen molar-refractivity contribution in [2.45, 2.75) is 11.3 Å². The maximum absolute atomic E-state index is 6.18. The number of ether oxygens (including phenoxy) is 1. The number of thioether (sulfide) groups is 1. The molecular formula is C15H16ClNOS. The number of benzene rings is 2. The van der Waals surface area contributed by atoms with Gasteiger partial charge in [-0.25, -0.2) is 0 Å². The SMILES string of the molecule is CSc1ccc(Oc2ccc(CCN)c(Cl)c2)cc1. The Morgan fingerprint density at radius 3 is 2.37 bits per heavy atom. The van der Waals surface area contributed by atoms with Gasteiger partial charge < -0.3 is 10.5 Å². The molecule has 4 heteroatoms. The molecule has 0 saturated heterocycles. The van der Waals surface area contributed by atoms with E-state index in [1.54, 1.807) is 11.8 Å². The van der Waals surface area contributed by atoms with Crippen LogP contribution in [0, 0.1) is 0 Å². The van der Waals surface area contributed by atoms with Crippen LogP contribution in [0.25, 0.3) is 0 Å². The van der Waals surface area contributed by atoms with Crippen molar-refractivity contribution in [1.82, 2.24) is 0 Å². The minimum atomic E-state index is 0.593. The van der Waals surface area contributed by atoms with E-state index in [-0.39, 0.29) is 0 Å². The van der Waals surface area contributed by atoms with E-state index in [0.29, 0.717) is 11.6 Å². The standard InChI is InChI=1S/C15H16ClNOS/c1-19-14-6-4-12(5-7-14)18-13-3-2-11(8-9-17)15(16)10-13/h2-7,10H,8-9,17H2,1H3. The summed E-state index contributed by atoms with van der Waals surface area (Å²) in [5.74, 6) is 1.54. The lowest BCUT2D eigenvalue weighted by atomic mass is 10.1. The van der Waals surface area contributed by atoms with Gasteiger partial charge in [0.05, 0.1) is 0 Å². The van der Waals surface area contributed by atoms with Gasteiger partial charge in [0, 0.05) is 9.92 Å². The van der Waals surface area contributed by atoms with Crippen molar-refractivity contribution in [3.05, 3.63) is 53.1 Å². The molecule has 0 atom stereocenters. The molecule has 0 unspecified atom stereocenters. The molecule has 2 N–H and O–H groups in total. The first kappa shape index (κ1) is 14.3. The van der Waals surface area contributed by atoms with E-state index in [1.165, 1.54) is 4.90 Å². The van der Waals surface area contributed by atoms with E-state index in [4.69, 9.17) is 22.1 Å². The second-order valence-electron chi connectivity index (χ2n) is 4.07. The summed E-state index contributed by atoms with van der Waals surface area (Å²) in [5.41, 5.74) is 6.58. The monoisotopic (exact) mass is 293 g/mol. The maximum atomic E-state index is 6.18. The van der Waals surface area contributed by atoms with E-state index < -0.39 is 0 Å². The fourth-order valence-corrected chi connectivity index (χ4v) is 2.40. The summed E-state index contributed by atoms with van der Waals surface area (Å²) in [6, 6.07) is 13.7. The van der Waals surface area contributed by atoms with Crippen molar-refractivity contribution < 1.29 is 4.74 Å². The van der Waals surface area contributed by atoms with Crippen molar-refractivity contribution in [1.29, 1.82) is 0 Å². The molecule has 19 heavy (non-hydrogen) atoms. The second kappa shape index (κ2) is 6.85. The van der Waals surface area contributed by atoms with Crippen molar-refractivity contribution in [2.24, 2.45) is 5.73 Å². The van der Waals surface area contributed by atoms with Gasteiger partial charge in [-0.1, -0.05) is 17.7 Å². The van der Waals surface area contributed by atoms with Crippen molar-refractivity contribution in [2.75, 3.05) is 12.8 Å². The van der Waals surface area contributed by atoms with Crippen LogP contribution in [0.3, 0.4) is 0 Å². The molecule has 0 aromatic heterocycles. The number of rotatable bonds is 5. The fraction of sp³-hybridized carbons (Fsp3) is 0.200. The quantitative estimate of drug-likeness (QED) is 0.832. The Morgan fingerprint density at radius 1 is 1.11 bits per heavy atom. The van der Waals surface area contributed by atoms with Crippen LogP contribution in [0.2, 0.25) is 5.02 Å². The Balaban J connectivity index is 2.11. The summed E-state index contributed by atoms with van der Waals surface area (Å²) in [7, 11) is 0. The number of nitrogens with two attached hydrogens (primary N) is 1. The minimum Gasteiger partial charge on any atom is -0.457 e.